The second-order valence-electron chi connectivity index (χ2n) is 30.1. The molecule has 0 saturated heterocycles. The van der Waals surface area contributed by atoms with Crippen molar-refractivity contribution in [3.05, 3.63) is 0 Å². The molecular weight excluding hydrogens is 1310 g/mol. The van der Waals surface area contributed by atoms with Crippen LogP contribution in [0.1, 0.15) is 427 Å². The van der Waals surface area contributed by atoms with E-state index in [0.29, 0.717) is 25.7 Å². The Bertz CT molecular complexity index is 1920. The van der Waals surface area contributed by atoms with Gasteiger partial charge >= 0.3 is 39.5 Å². The smallest absolute Gasteiger partial charge is 0.462 e. The van der Waals surface area contributed by atoms with Crippen molar-refractivity contribution in [3.8, 4) is 0 Å². The number of esters is 4. The number of carbonyl (C=O) groups excluding carboxylic acids is 4. The molecule has 17 nitrogen and oxygen atoms in total. The number of unbranched alkanes of at least 4 members (excludes halogenated alkanes) is 50. The van der Waals surface area contributed by atoms with E-state index in [1.807, 2.05) is 0 Å². The molecule has 594 valence electrons. The molecule has 0 aromatic heterocycles. The Morgan fingerprint density at radius 2 is 0.460 bits per heavy atom. The Balaban J connectivity index is 5.24. The van der Waals surface area contributed by atoms with E-state index in [1.54, 1.807) is 0 Å². The van der Waals surface area contributed by atoms with E-state index in [-0.39, 0.29) is 25.7 Å². The average Bonchev–Trinajstić information content (AvgIpc) is 0.919. The third-order valence-electron chi connectivity index (χ3n) is 19.0. The zero-order valence-corrected chi connectivity index (χ0v) is 67.3. The number of hydrogen-bond donors (Lipinski definition) is 3. The van der Waals surface area contributed by atoms with Crippen molar-refractivity contribution >= 4 is 39.5 Å². The second-order valence-corrected chi connectivity index (χ2v) is 33.0. The molecule has 0 spiro atoms. The molecule has 0 aliphatic carbocycles. The molecule has 0 aliphatic rings. The van der Waals surface area contributed by atoms with E-state index in [9.17, 15) is 43.2 Å². The van der Waals surface area contributed by atoms with Gasteiger partial charge in [-0.1, -0.05) is 375 Å². The van der Waals surface area contributed by atoms with Crippen LogP contribution in [0.5, 0.6) is 0 Å². The average molecular weight is 1470 g/mol. The van der Waals surface area contributed by atoms with Gasteiger partial charge in [0.25, 0.3) is 0 Å². The summed E-state index contributed by atoms with van der Waals surface area (Å²) in [4.78, 5) is 73.0. The van der Waals surface area contributed by atoms with E-state index >= 15 is 0 Å². The molecule has 0 radical (unpaired) electrons. The van der Waals surface area contributed by atoms with Crippen LogP contribution in [-0.4, -0.2) is 96.7 Å². The fourth-order valence-electron chi connectivity index (χ4n) is 12.5. The summed E-state index contributed by atoms with van der Waals surface area (Å²) < 4.78 is 68.7. The van der Waals surface area contributed by atoms with Gasteiger partial charge in [0.2, 0.25) is 0 Å². The Hall–Kier alpha value is -1.94. The van der Waals surface area contributed by atoms with Gasteiger partial charge in [0.1, 0.15) is 19.3 Å². The monoisotopic (exact) mass is 1470 g/mol. The van der Waals surface area contributed by atoms with Crippen molar-refractivity contribution in [1.82, 2.24) is 0 Å². The maximum atomic E-state index is 13.1. The first-order chi connectivity index (χ1) is 48.4. The standard InChI is InChI=1S/C81H158O17P2/c1-7-9-11-13-15-17-19-20-21-22-26-29-34-40-46-52-58-64-79(84)92-70-77(97-80(85)65-59-53-47-41-35-30-27-24-23-25-28-32-37-43-49-55-61-73(3)4)72-96-100(89,90)94-68-75(82)67-93-99(87,88)95-71-76(69-91-78(83)63-57-51-45-39-18-16-14-12-10-8-2)98-81(86)66-60-54-48-42-36-31-33-38-44-50-56-62-74(5)6/h73-77,82H,7-72H2,1-6H3,(H,87,88)(H,89,90)/t75-,76+,77+/m0/s1. The fraction of sp³-hybridized carbons (Fsp3) is 0.951. The predicted octanol–water partition coefficient (Wildman–Crippen LogP) is 24.3. The molecule has 0 saturated carbocycles. The van der Waals surface area contributed by atoms with Crippen LogP contribution in [-0.2, 0) is 65.4 Å². The molecule has 0 bridgehead atoms. The molecule has 0 rings (SSSR count). The van der Waals surface area contributed by atoms with Gasteiger partial charge in [-0.3, -0.25) is 37.3 Å². The van der Waals surface area contributed by atoms with Gasteiger partial charge in [-0.15, -0.1) is 0 Å². The van der Waals surface area contributed by atoms with E-state index in [2.05, 4.69) is 41.5 Å². The summed E-state index contributed by atoms with van der Waals surface area (Å²) in [5, 5.41) is 10.6. The van der Waals surface area contributed by atoms with Crippen LogP contribution in [0.4, 0.5) is 0 Å². The van der Waals surface area contributed by atoms with Crippen LogP contribution in [0, 0.1) is 11.8 Å². The maximum absolute atomic E-state index is 13.1. The highest BCUT2D eigenvalue weighted by Gasteiger charge is 2.30. The number of phosphoric ester groups is 2. The first kappa shape index (κ1) is 98.1. The number of rotatable bonds is 80. The molecule has 0 aliphatic heterocycles. The highest BCUT2D eigenvalue weighted by Crippen LogP contribution is 2.45. The zero-order valence-electron chi connectivity index (χ0n) is 65.5. The first-order valence-electron chi connectivity index (χ1n) is 42.0. The summed E-state index contributed by atoms with van der Waals surface area (Å²) in [6, 6.07) is 0. The van der Waals surface area contributed by atoms with Gasteiger partial charge < -0.3 is 33.8 Å². The molecule has 0 aromatic rings. The lowest BCUT2D eigenvalue weighted by Crippen LogP contribution is -2.30. The van der Waals surface area contributed by atoms with Crippen molar-refractivity contribution in [2.75, 3.05) is 39.6 Å². The minimum atomic E-state index is -4.96. The van der Waals surface area contributed by atoms with Crippen LogP contribution in [0.3, 0.4) is 0 Å². The number of ether oxygens (including phenoxy) is 4. The zero-order chi connectivity index (χ0) is 73.5. The van der Waals surface area contributed by atoms with Crippen molar-refractivity contribution in [2.45, 2.75) is 445 Å². The van der Waals surface area contributed by atoms with Crippen molar-refractivity contribution < 1.29 is 80.2 Å². The molecule has 5 atom stereocenters. The third-order valence-corrected chi connectivity index (χ3v) is 20.9. The molecule has 100 heavy (non-hydrogen) atoms. The number of phosphoric acid groups is 2. The SMILES string of the molecule is CCCCCCCCCCCCCCCCCCCC(=O)OC[C@H](COP(=O)(O)OC[C@@H](O)COP(=O)(O)OC[C@@H](COC(=O)CCCCCCCCCCCC)OC(=O)CCCCCCCCCCCCCC(C)C)OC(=O)CCCCCCCCCCCCCCCCCCC(C)C. The topological polar surface area (TPSA) is 237 Å². The van der Waals surface area contributed by atoms with Gasteiger partial charge in [-0.25, -0.2) is 9.13 Å². The summed E-state index contributed by atoms with van der Waals surface area (Å²) in [7, 11) is -9.92. The Morgan fingerprint density at radius 3 is 0.680 bits per heavy atom. The Labute approximate surface area is 613 Å². The first-order valence-corrected chi connectivity index (χ1v) is 45.0. The van der Waals surface area contributed by atoms with E-state index in [0.717, 1.165) is 102 Å². The molecule has 0 amide bonds. The Morgan fingerprint density at radius 1 is 0.270 bits per heavy atom. The van der Waals surface area contributed by atoms with Gasteiger partial charge in [-0.05, 0) is 37.5 Å². The van der Waals surface area contributed by atoms with Crippen LogP contribution in [0.2, 0.25) is 0 Å². The summed E-state index contributed by atoms with van der Waals surface area (Å²) in [5.74, 6) is -0.533. The molecule has 0 heterocycles. The van der Waals surface area contributed by atoms with Gasteiger partial charge in [-0.2, -0.15) is 0 Å². The van der Waals surface area contributed by atoms with Crippen LogP contribution in [0.15, 0.2) is 0 Å². The van der Waals surface area contributed by atoms with Crippen LogP contribution < -0.4 is 0 Å². The Kier molecular flexibility index (Phi) is 71.2. The minimum Gasteiger partial charge on any atom is -0.462 e. The largest absolute Gasteiger partial charge is 0.472 e. The van der Waals surface area contributed by atoms with Gasteiger partial charge in [0.15, 0.2) is 12.2 Å². The van der Waals surface area contributed by atoms with Crippen LogP contribution >= 0.6 is 15.6 Å². The van der Waals surface area contributed by atoms with Gasteiger partial charge in [0, 0.05) is 25.7 Å². The quantitative estimate of drug-likeness (QED) is 0.0222. The molecule has 19 heteroatoms. The highest BCUT2D eigenvalue weighted by atomic mass is 31.2. The fourth-order valence-corrected chi connectivity index (χ4v) is 14.1. The lowest BCUT2D eigenvalue weighted by atomic mass is 10.0. The second kappa shape index (κ2) is 72.6. The molecule has 2 unspecified atom stereocenters. The van der Waals surface area contributed by atoms with Crippen molar-refractivity contribution in [2.24, 2.45) is 11.8 Å². The molecule has 3 N–H and O–H groups in total. The van der Waals surface area contributed by atoms with E-state index < -0.39 is 97.5 Å². The summed E-state index contributed by atoms with van der Waals surface area (Å²) in [5.41, 5.74) is 0. The number of aliphatic hydroxyl groups excluding tert-OH is 1. The highest BCUT2D eigenvalue weighted by molar-refractivity contribution is 7.47. The number of hydrogen-bond acceptors (Lipinski definition) is 15. The van der Waals surface area contributed by atoms with Gasteiger partial charge in [0.05, 0.1) is 26.4 Å². The van der Waals surface area contributed by atoms with Crippen molar-refractivity contribution in [1.29, 1.82) is 0 Å². The predicted molar refractivity (Wildman–Crippen MR) is 409 cm³/mol. The third kappa shape index (κ3) is 74.3. The van der Waals surface area contributed by atoms with Crippen molar-refractivity contribution in [3.63, 3.8) is 0 Å². The van der Waals surface area contributed by atoms with Crippen LogP contribution in [0.25, 0.3) is 0 Å². The minimum absolute atomic E-state index is 0.107. The molecular formula is C81H158O17P2. The van der Waals surface area contributed by atoms with E-state index in [4.69, 9.17) is 37.0 Å². The lowest BCUT2D eigenvalue weighted by Gasteiger charge is -2.21. The lowest BCUT2D eigenvalue weighted by molar-refractivity contribution is -0.161. The summed E-state index contributed by atoms with van der Waals surface area (Å²) in [6.07, 6.45) is 62.4. The molecule has 0 aromatic carbocycles. The number of carbonyl (C=O) groups is 4. The molecule has 0 fully saturated rings. The van der Waals surface area contributed by atoms with E-state index in [1.165, 1.54) is 244 Å². The summed E-state index contributed by atoms with van der Waals surface area (Å²) in [6.45, 7) is 9.66. The normalized spacial score (nSPS) is 13.9. The summed E-state index contributed by atoms with van der Waals surface area (Å²) >= 11 is 0. The number of aliphatic hydroxyl groups is 1. The maximum Gasteiger partial charge on any atom is 0.472 e.